The van der Waals surface area contributed by atoms with E-state index in [-0.39, 0.29) is 6.42 Å². The number of rotatable bonds is 4. The highest BCUT2D eigenvalue weighted by atomic mass is 16.6. The Morgan fingerprint density at radius 1 is 1.35 bits per heavy atom. The predicted octanol–water partition coefficient (Wildman–Crippen LogP) is -3.32. The molecule has 1 aromatic rings. The molecule has 0 amide bonds. The first-order chi connectivity index (χ1) is 9.46. The van der Waals surface area contributed by atoms with Crippen molar-refractivity contribution in [3.05, 3.63) is 33.1 Å². The molecule has 112 valence electrons. The van der Waals surface area contributed by atoms with Gasteiger partial charge in [-0.15, -0.1) is 0 Å². The summed E-state index contributed by atoms with van der Waals surface area (Å²) in [7, 11) is 0. The topological polar surface area (TPSA) is 145 Å². The zero-order valence-electron chi connectivity index (χ0n) is 10.5. The number of aliphatic hydroxyl groups excluding tert-OH is 4. The molecule has 0 spiro atoms. The minimum absolute atomic E-state index is 0.201. The van der Waals surface area contributed by atoms with Crippen molar-refractivity contribution >= 4 is 0 Å². The fourth-order valence-electron chi connectivity index (χ4n) is 2.42. The maximum absolute atomic E-state index is 11.8. The Labute approximate surface area is 112 Å². The number of aromatic amines is 1. The molecule has 0 unspecified atom stereocenters. The van der Waals surface area contributed by atoms with Gasteiger partial charge in [0.1, 0.15) is 18.3 Å². The van der Waals surface area contributed by atoms with Gasteiger partial charge in [-0.3, -0.25) is 14.3 Å². The second kappa shape index (κ2) is 5.46. The van der Waals surface area contributed by atoms with Crippen LogP contribution >= 0.6 is 0 Å². The zero-order valence-corrected chi connectivity index (χ0v) is 10.5. The number of nitrogens with zero attached hydrogens (tertiary/aromatic N) is 1. The molecule has 4 atom stereocenters. The van der Waals surface area contributed by atoms with Crippen molar-refractivity contribution in [2.45, 2.75) is 30.5 Å². The fraction of sp³-hybridized carbons (Fsp3) is 0.636. The molecule has 0 saturated carbocycles. The smallest absolute Gasteiger partial charge is 0.330 e. The highest BCUT2D eigenvalue weighted by Crippen LogP contribution is 2.37. The Bertz CT molecular complexity index is 583. The highest BCUT2D eigenvalue weighted by Gasteiger charge is 2.55. The van der Waals surface area contributed by atoms with Crippen LogP contribution in [0.25, 0.3) is 0 Å². The normalized spacial score (nSPS) is 33.5. The third-order valence-electron chi connectivity index (χ3n) is 3.40. The summed E-state index contributed by atoms with van der Waals surface area (Å²) in [6, 6.07) is 1.05. The van der Waals surface area contributed by atoms with Crippen LogP contribution in [0.4, 0.5) is 0 Å². The maximum Gasteiger partial charge on any atom is 0.330 e. The Balaban J connectivity index is 2.55. The summed E-state index contributed by atoms with van der Waals surface area (Å²) in [5.41, 5.74) is -3.23. The van der Waals surface area contributed by atoms with Gasteiger partial charge in [0, 0.05) is 25.3 Å². The van der Waals surface area contributed by atoms with Gasteiger partial charge < -0.3 is 25.2 Å². The lowest BCUT2D eigenvalue weighted by molar-refractivity contribution is -0.160. The van der Waals surface area contributed by atoms with E-state index in [9.17, 15) is 19.8 Å². The van der Waals surface area contributed by atoms with Gasteiger partial charge >= 0.3 is 5.69 Å². The molecule has 1 aliphatic rings. The Kier molecular flexibility index (Phi) is 4.06. The molecule has 0 aromatic carbocycles. The lowest BCUT2D eigenvalue weighted by Crippen LogP contribution is -2.52. The molecule has 0 aliphatic carbocycles. The summed E-state index contributed by atoms with van der Waals surface area (Å²) < 4.78 is 6.30. The number of ether oxygens (including phenoxy) is 1. The van der Waals surface area contributed by atoms with Crippen LogP contribution in [0.5, 0.6) is 0 Å². The number of hydrogen-bond donors (Lipinski definition) is 5. The van der Waals surface area contributed by atoms with E-state index in [1.807, 2.05) is 4.98 Å². The van der Waals surface area contributed by atoms with Crippen molar-refractivity contribution in [1.29, 1.82) is 0 Å². The third kappa shape index (κ3) is 2.19. The Morgan fingerprint density at radius 3 is 2.55 bits per heavy atom. The number of H-pyrrole nitrogens is 1. The standard InChI is InChI=1S/C11H16N2O7/c14-4-2-11(9(18)8(17)6(5-15)20-11)13-3-1-7(16)12-10(13)19/h1,3,6,8-9,14-15,17-18H,2,4-5H2,(H,12,16,19)/t6-,8-,9-,11-/m1/s1. The van der Waals surface area contributed by atoms with Crippen molar-refractivity contribution in [3.8, 4) is 0 Å². The van der Waals surface area contributed by atoms with Crippen LogP contribution in [0.1, 0.15) is 6.42 Å². The number of hydrogen-bond acceptors (Lipinski definition) is 7. The van der Waals surface area contributed by atoms with Crippen LogP contribution < -0.4 is 11.2 Å². The summed E-state index contributed by atoms with van der Waals surface area (Å²) in [4.78, 5) is 24.9. The van der Waals surface area contributed by atoms with E-state index in [0.717, 1.165) is 16.8 Å². The SMILES string of the molecule is O=c1ccn([C@]2(CCO)O[C@H](CO)[C@@H](O)[C@H]2O)c(=O)[nH]1. The van der Waals surface area contributed by atoms with Crippen LogP contribution in [0.15, 0.2) is 21.9 Å². The Morgan fingerprint density at radius 2 is 2.05 bits per heavy atom. The van der Waals surface area contributed by atoms with Crippen molar-refractivity contribution in [2.24, 2.45) is 0 Å². The molecule has 20 heavy (non-hydrogen) atoms. The lowest BCUT2D eigenvalue weighted by atomic mass is 9.99. The van der Waals surface area contributed by atoms with Gasteiger partial charge in [0.05, 0.1) is 6.61 Å². The van der Waals surface area contributed by atoms with E-state index in [4.69, 9.17) is 14.9 Å². The molecule has 1 aliphatic heterocycles. The summed E-state index contributed by atoms with van der Waals surface area (Å²) in [6.45, 7) is -1.00. The van der Waals surface area contributed by atoms with Crippen LogP contribution in [0, 0.1) is 0 Å². The first kappa shape index (κ1) is 14.9. The molecule has 0 bridgehead atoms. The van der Waals surface area contributed by atoms with Gasteiger partial charge in [-0.05, 0) is 0 Å². The first-order valence-electron chi connectivity index (χ1n) is 6.04. The monoisotopic (exact) mass is 288 g/mol. The fourth-order valence-corrected chi connectivity index (χ4v) is 2.42. The molecule has 2 rings (SSSR count). The number of nitrogens with one attached hydrogen (secondary N) is 1. The molecule has 1 aromatic heterocycles. The predicted molar refractivity (Wildman–Crippen MR) is 65.0 cm³/mol. The minimum atomic E-state index is -1.75. The van der Waals surface area contributed by atoms with Gasteiger partial charge in [-0.2, -0.15) is 0 Å². The molecule has 2 heterocycles. The van der Waals surface area contributed by atoms with Gasteiger partial charge in [0.25, 0.3) is 5.56 Å². The largest absolute Gasteiger partial charge is 0.396 e. The molecule has 9 nitrogen and oxygen atoms in total. The van der Waals surface area contributed by atoms with Gasteiger partial charge in [0.15, 0.2) is 5.72 Å². The maximum atomic E-state index is 11.8. The van der Waals surface area contributed by atoms with E-state index in [1.54, 1.807) is 0 Å². The lowest BCUT2D eigenvalue weighted by Gasteiger charge is -2.33. The van der Waals surface area contributed by atoms with E-state index >= 15 is 0 Å². The minimum Gasteiger partial charge on any atom is -0.396 e. The zero-order chi connectivity index (χ0) is 14.9. The van der Waals surface area contributed by atoms with Crippen molar-refractivity contribution in [1.82, 2.24) is 9.55 Å². The van der Waals surface area contributed by atoms with E-state index in [1.165, 1.54) is 0 Å². The Hall–Kier alpha value is -1.52. The van der Waals surface area contributed by atoms with Crippen molar-refractivity contribution in [3.63, 3.8) is 0 Å². The van der Waals surface area contributed by atoms with Crippen molar-refractivity contribution in [2.75, 3.05) is 13.2 Å². The van der Waals surface area contributed by atoms with Crippen LogP contribution in [-0.2, 0) is 10.5 Å². The number of aromatic nitrogens is 2. The second-order valence-corrected chi connectivity index (χ2v) is 4.57. The summed E-state index contributed by atoms with van der Waals surface area (Å²) >= 11 is 0. The summed E-state index contributed by atoms with van der Waals surface area (Å²) in [5.74, 6) is 0. The molecule has 9 heteroatoms. The van der Waals surface area contributed by atoms with Crippen LogP contribution in [-0.4, -0.2) is 61.5 Å². The molecular weight excluding hydrogens is 272 g/mol. The van der Waals surface area contributed by atoms with Gasteiger partial charge in [-0.1, -0.05) is 0 Å². The summed E-state index contributed by atoms with van der Waals surface area (Å²) in [6.07, 6.45) is -3.17. The van der Waals surface area contributed by atoms with E-state index < -0.39 is 48.5 Å². The van der Waals surface area contributed by atoms with Gasteiger partial charge in [0.2, 0.25) is 0 Å². The van der Waals surface area contributed by atoms with Crippen LogP contribution in [0.3, 0.4) is 0 Å². The highest BCUT2D eigenvalue weighted by molar-refractivity contribution is 5.01. The molecule has 1 fully saturated rings. The van der Waals surface area contributed by atoms with Crippen molar-refractivity contribution < 1.29 is 25.2 Å². The average molecular weight is 288 g/mol. The second-order valence-electron chi connectivity index (χ2n) is 4.57. The summed E-state index contributed by atoms with van der Waals surface area (Å²) in [5, 5.41) is 38.2. The third-order valence-corrected chi connectivity index (χ3v) is 3.40. The first-order valence-corrected chi connectivity index (χ1v) is 6.04. The van der Waals surface area contributed by atoms with Gasteiger partial charge in [-0.25, -0.2) is 4.79 Å². The van der Waals surface area contributed by atoms with Crippen LogP contribution in [0.2, 0.25) is 0 Å². The number of aliphatic hydroxyl groups is 4. The molecule has 0 radical (unpaired) electrons. The average Bonchev–Trinajstić information content (AvgIpc) is 2.65. The van der Waals surface area contributed by atoms with E-state index in [2.05, 4.69) is 0 Å². The molecule has 1 saturated heterocycles. The quantitative estimate of drug-likeness (QED) is 0.390. The molecule has 5 N–H and O–H groups in total. The van der Waals surface area contributed by atoms with E-state index in [0.29, 0.717) is 0 Å². The molecular formula is C11H16N2O7.